The number of benzene rings is 2. The van der Waals surface area contributed by atoms with Crippen LogP contribution in [0.4, 0.5) is 4.39 Å². The van der Waals surface area contributed by atoms with Crippen LogP contribution in [-0.4, -0.2) is 41.3 Å². The summed E-state index contributed by atoms with van der Waals surface area (Å²) in [5.74, 6) is -0.663. The second kappa shape index (κ2) is 10.7. The standard InChI is InChI=1S/C26H28BrFN2O4/c1-15-16(2)26(33-22(23(15)28)14-32-25(31)19-7-5-4-6-8-19)34-24-21(17(3)29-30-24)13-18-9-11-20(27)12-10-18/h4-12,15-16,22-23,26H,13-14H2,1-3H3,(H,29,30). The van der Waals surface area contributed by atoms with Gasteiger partial charge in [-0.05, 0) is 42.7 Å². The molecule has 1 saturated heterocycles. The lowest BCUT2D eigenvalue weighted by atomic mass is 9.85. The minimum Gasteiger partial charge on any atom is -0.459 e. The third-order valence-electron chi connectivity index (χ3n) is 6.37. The first kappa shape index (κ1) is 24.4. The van der Waals surface area contributed by atoms with E-state index in [4.69, 9.17) is 14.2 Å². The lowest BCUT2D eigenvalue weighted by Crippen LogP contribution is -2.51. The highest BCUT2D eigenvalue weighted by molar-refractivity contribution is 9.10. The summed E-state index contributed by atoms with van der Waals surface area (Å²) in [7, 11) is 0. The Morgan fingerprint density at radius 2 is 1.82 bits per heavy atom. The molecule has 6 nitrogen and oxygen atoms in total. The molecule has 2 heterocycles. The van der Waals surface area contributed by atoms with E-state index in [0.717, 1.165) is 21.3 Å². The summed E-state index contributed by atoms with van der Waals surface area (Å²) in [5.41, 5.74) is 3.33. The molecule has 5 unspecified atom stereocenters. The number of carbonyl (C=O) groups is 1. The van der Waals surface area contributed by atoms with Gasteiger partial charge in [0.05, 0.1) is 5.56 Å². The number of esters is 1. The molecule has 0 saturated carbocycles. The Morgan fingerprint density at radius 1 is 1.12 bits per heavy atom. The molecule has 5 atom stereocenters. The molecule has 1 N–H and O–H groups in total. The minimum atomic E-state index is -1.29. The van der Waals surface area contributed by atoms with Crippen LogP contribution in [-0.2, 0) is 15.9 Å². The average molecular weight is 531 g/mol. The number of nitrogens with zero attached hydrogens (tertiary/aromatic N) is 1. The van der Waals surface area contributed by atoms with E-state index in [1.807, 2.05) is 51.1 Å². The number of aromatic nitrogens is 2. The summed E-state index contributed by atoms with van der Waals surface area (Å²) < 4.78 is 33.6. The van der Waals surface area contributed by atoms with Crippen LogP contribution in [0.15, 0.2) is 59.1 Å². The molecule has 1 fully saturated rings. The van der Waals surface area contributed by atoms with Gasteiger partial charge in [-0.25, -0.2) is 9.18 Å². The van der Waals surface area contributed by atoms with Gasteiger partial charge in [0, 0.05) is 28.1 Å². The van der Waals surface area contributed by atoms with Gasteiger partial charge < -0.3 is 14.2 Å². The first-order valence-electron chi connectivity index (χ1n) is 11.3. The van der Waals surface area contributed by atoms with Gasteiger partial charge in [0.15, 0.2) is 0 Å². The van der Waals surface area contributed by atoms with Crippen molar-refractivity contribution in [3.63, 3.8) is 0 Å². The van der Waals surface area contributed by atoms with E-state index < -0.39 is 24.5 Å². The van der Waals surface area contributed by atoms with Crippen LogP contribution in [0.2, 0.25) is 0 Å². The topological polar surface area (TPSA) is 73.4 Å². The number of halogens is 2. The van der Waals surface area contributed by atoms with E-state index in [1.165, 1.54) is 0 Å². The number of H-pyrrole nitrogens is 1. The third kappa shape index (κ3) is 5.50. The van der Waals surface area contributed by atoms with Gasteiger partial charge in [-0.3, -0.25) is 5.10 Å². The van der Waals surface area contributed by atoms with Crippen LogP contribution >= 0.6 is 15.9 Å². The lowest BCUT2D eigenvalue weighted by molar-refractivity contribution is -0.226. The second-order valence-electron chi connectivity index (χ2n) is 8.72. The van der Waals surface area contributed by atoms with Crippen molar-refractivity contribution in [1.29, 1.82) is 0 Å². The zero-order valence-corrected chi connectivity index (χ0v) is 20.9. The van der Waals surface area contributed by atoms with Gasteiger partial charge in [0.25, 0.3) is 0 Å². The molecule has 0 bridgehead atoms. The number of alkyl halides is 1. The summed E-state index contributed by atoms with van der Waals surface area (Å²) in [6.45, 7) is 5.45. The maximum atomic E-state index is 15.1. The Balaban J connectivity index is 1.45. The van der Waals surface area contributed by atoms with Crippen molar-refractivity contribution < 1.29 is 23.4 Å². The number of rotatable bonds is 7. The number of aromatic amines is 1. The van der Waals surface area contributed by atoms with E-state index in [-0.39, 0.29) is 18.4 Å². The van der Waals surface area contributed by atoms with Gasteiger partial charge in [-0.15, -0.1) is 5.10 Å². The normalized spacial score (nSPS) is 24.6. The first-order chi connectivity index (χ1) is 16.3. The molecule has 8 heteroatoms. The predicted octanol–water partition coefficient (Wildman–Crippen LogP) is 5.64. The molecule has 4 rings (SSSR count). The highest BCUT2D eigenvalue weighted by Gasteiger charge is 2.44. The SMILES string of the molecule is Cc1[nH]nc(OC2OC(COC(=O)c3ccccc3)C(F)C(C)C2C)c1Cc1ccc(Br)cc1. The molecule has 0 amide bonds. The van der Waals surface area contributed by atoms with Crippen molar-refractivity contribution >= 4 is 21.9 Å². The molecule has 34 heavy (non-hydrogen) atoms. The molecule has 3 aromatic rings. The van der Waals surface area contributed by atoms with Crippen LogP contribution in [0.3, 0.4) is 0 Å². The maximum Gasteiger partial charge on any atom is 0.338 e. The number of ether oxygens (including phenoxy) is 3. The predicted molar refractivity (Wildman–Crippen MR) is 130 cm³/mol. The fourth-order valence-electron chi connectivity index (χ4n) is 3.98. The molecule has 0 radical (unpaired) electrons. The Labute approximate surface area is 206 Å². The summed E-state index contributed by atoms with van der Waals surface area (Å²) >= 11 is 3.45. The molecule has 1 aliphatic rings. The number of hydrogen-bond acceptors (Lipinski definition) is 5. The van der Waals surface area contributed by atoms with Crippen molar-refractivity contribution in [2.24, 2.45) is 11.8 Å². The molecular formula is C26H28BrFN2O4. The van der Waals surface area contributed by atoms with Crippen LogP contribution in [0.25, 0.3) is 0 Å². The van der Waals surface area contributed by atoms with Crippen molar-refractivity contribution in [2.45, 2.75) is 45.8 Å². The summed E-state index contributed by atoms with van der Waals surface area (Å²) in [6.07, 6.45) is -2.32. The zero-order valence-electron chi connectivity index (χ0n) is 19.3. The second-order valence-corrected chi connectivity index (χ2v) is 9.64. The number of nitrogens with one attached hydrogen (secondary N) is 1. The smallest absolute Gasteiger partial charge is 0.338 e. The molecule has 0 aliphatic carbocycles. The van der Waals surface area contributed by atoms with E-state index in [1.54, 1.807) is 24.3 Å². The van der Waals surface area contributed by atoms with Gasteiger partial charge in [0.2, 0.25) is 12.2 Å². The molecule has 1 aromatic heterocycles. The van der Waals surface area contributed by atoms with Crippen molar-refractivity contribution in [1.82, 2.24) is 10.2 Å². The van der Waals surface area contributed by atoms with Crippen LogP contribution < -0.4 is 4.74 Å². The van der Waals surface area contributed by atoms with Crippen LogP contribution in [0, 0.1) is 18.8 Å². The third-order valence-corrected chi connectivity index (χ3v) is 6.90. The van der Waals surface area contributed by atoms with Crippen LogP contribution in [0.1, 0.15) is 41.0 Å². The van der Waals surface area contributed by atoms with E-state index >= 15 is 4.39 Å². The summed E-state index contributed by atoms with van der Waals surface area (Å²) in [6, 6.07) is 16.7. The van der Waals surface area contributed by atoms with E-state index in [9.17, 15) is 4.79 Å². The highest BCUT2D eigenvalue weighted by atomic mass is 79.9. The molecule has 2 aromatic carbocycles. The lowest BCUT2D eigenvalue weighted by Gasteiger charge is -2.40. The first-order valence-corrected chi connectivity index (χ1v) is 12.1. The fraction of sp³-hybridized carbons (Fsp3) is 0.385. The van der Waals surface area contributed by atoms with Crippen molar-refractivity contribution in [3.8, 4) is 5.88 Å². The molecule has 1 aliphatic heterocycles. The minimum absolute atomic E-state index is 0.197. The van der Waals surface area contributed by atoms with Gasteiger partial charge in [-0.1, -0.05) is 60.1 Å². The van der Waals surface area contributed by atoms with Gasteiger partial charge in [0.1, 0.15) is 18.9 Å². The molecular weight excluding hydrogens is 503 g/mol. The Hall–Kier alpha value is -2.71. The monoisotopic (exact) mass is 530 g/mol. The Morgan fingerprint density at radius 3 is 2.53 bits per heavy atom. The maximum absolute atomic E-state index is 15.1. The fourth-order valence-corrected chi connectivity index (χ4v) is 4.25. The zero-order chi connectivity index (χ0) is 24.2. The number of aryl methyl sites for hydroxylation is 1. The summed E-state index contributed by atoms with van der Waals surface area (Å²) in [4.78, 5) is 12.3. The molecule has 0 spiro atoms. The average Bonchev–Trinajstić information content (AvgIpc) is 3.19. The number of carbonyl (C=O) groups excluding carboxylic acids is 1. The molecule has 180 valence electrons. The van der Waals surface area contributed by atoms with E-state index in [0.29, 0.717) is 17.9 Å². The van der Waals surface area contributed by atoms with Gasteiger partial charge >= 0.3 is 5.97 Å². The largest absolute Gasteiger partial charge is 0.459 e. The quantitative estimate of drug-likeness (QED) is 0.400. The Kier molecular flexibility index (Phi) is 7.68. The van der Waals surface area contributed by atoms with E-state index in [2.05, 4.69) is 26.1 Å². The van der Waals surface area contributed by atoms with Crippen LogP contribution in [0.5, 0.6) is 5.88 Å². The number of hydrogen-bond donors (Lipinski definition) is 1. The highest BCUT2D eigenvalue weighted by Crippen LogP contribution is 2.35. The Bertz CT molecular complexity index is 1110. The van der Waals surface area contributed by atoms with Crippen molar-refractivity contribution in [2.75, 3.05) is 6.61 Å². The summed E-state index contributed by atoms with van der Waals surface area (Å²) in [5, 5.41) is 7.30. The van der Waals surface area contributed by atoms with Gasteiger partial charge in [-0.2, -0.15) is 0 Å². The van der Waals surface area contributed by atoms with Crippen molar-refractivity contribution in [3.05, 3.63) is 81.5 Å².